The molecular formula is C17H10N2O3S. The molecule has 112 valence electrons. The lowest BCUT2D eigenvalue weighted by molar-refractivity contribution is 0.398. The van der Waals surface area contributed by atoms with E-state index in [0.29, 0.717) is 16.9 Å². The first-order valence-corrected chi connectivity index (χ1v) is 7.67. The van der Waals surface area contributed by atoms with Crippen LogP contribution in [0.25, 0.3) is 10.1 Å². The van der Waals surface area contributed by atoms with Gasteiger partial charge in [-0.3, -0.25) is 4.79 Å². The summed E-state index contributed by atoms with van der Waals surface area (Å²) in [7, 11) is 0. The largest absolute Gasteiger partial charge is 0.472 e. The Kier molecular flexibility index (Phi) is 2.96. The van der Waals surface area contributed by atoms with Crippen molar-refractivity contribution >= 4 is 21.4 Å². The van der Waals surface area contributed by atoms with E-state index < -0.39 is 5.92 Å². The summed E-state index contributed by atoms with van der Waals surface area (Å²) in [6.07, 6.45) is 3.02. The molecule has 5 nitrogen and oxygen atoms in total. The Morgan fingerprint density at radius 1 is 1.26 bits per heavy atom. The van der Waals surface area contributed by atoms with Crippen LogP contribution in [0.3, 0.4) is 0 Å². The Bertz CT molecular complexity index is 1040. The number of nitrogens with two attached hydrogens (primary N) is 1. The van der Waals surface area contributed by atoms with Crippen LogP contribution in [0.15, 0.2) is 63.5 Å². The number of rotatable bonds is 1. The molecule has 4 rings (SSSR count). The van der Waals surface area contributed by atoms with Gasteiger partial charge >= 0.3 is 0 Å². The van der Waals surface area contributed by atoms with Crippen molar-refractivity contribution in [3.63, 3.8) is 0 Å². The van der Waals surface area contributed by atoms with Crippen LogP contribution < -0.4 is 15.2 Å². The van der Waals surface area contributed by atoms with Gasteiger partial charge in [-0.05, 0) is 18.2 Å². The molecule has 0 radical (unpaired) electrons. The lowest BCUT2D eigenvalue weighted by atomic mass is 9.86. The maximum atomic E-state index is 12.7. The Balaban J connectivity index is 2.11. The normalized spacial score (nSPS) is 16.7. The Hall–Kier alpha value is -3.04. The smallest absolute Gasteiger partial charge is 0.240 e. The molecule has 6 heteroatoms. The van der Waals surface area contributed by atoms with Crippen LogP contribution in [0, 0.1) is 11.3 Å². The molecule has 3 aromatic rings. The number of furan rings is 1. The van der Waals surface area contributed by atoms with Gasteiger partial charge in [0.15, 0.2) is 0 Å². The molecule has 1 aromatic carbocycles. The summed E-state index contributed by atoms with van der Waals surface area (Å²) >= 11 is 1.13. The van der Waals surface area contributed by atoms with Crippen molar-refractivity contribution < 1.29 is 9.15 Å². The van der Waals surface area contributed by atoms with Crippen LogP contribution in [0.2, 0.25) is 0 Å². The third-order valence-corrected chi connectivity index (χ3v) is 4.83. The van der Waals surface area contributed by atoms with Gasteiger partial charge in [-0.15, -0.1) is 0 Å². The summed E-state index contributed by atoms with van der Waals surface area (Å²) in [6.45, 7) is 0. The molecule has 0 aliphatic carbocycles. The van der Waals surface area contributed by atoms with E-state index in [9.17, 15) is 10.1 Å². The molecular weight excluding hydrogens is 312 g/mol. The van der Waals surface area contributed by atoms with E-state index in [0.717, 1.165) is 21.4 Å². The van der Waals surface area contributed by atoms with E-state index in [1.165, 1.54) is 12.5 Å². The third-order valence-electron chi connectivity index (χ3n) is 3.85. The lowest BCUT2D eigenvalue weighted by Crippen LogP contribution is -2.25. The molecule has 0 spiro atoms. The average molecular weight is 322 g/mol. The first kappa shape index (κ1) is 13.6. The quantitative estimate of drug-likeness (QED) is 0.743. The van der Waals surface area contributed by atoms with E-state index in [-0.39, 0.29) is 16.2 Å². The molecule has 0 amide bonds. The highest BCUT2D eigenvalue weighted by Crippen LogP contribution is 2.44. The van der Waals surface area contributed by atoms with E-state index in [1.807, 2.05) is 24.3 Å². The highest BCUT2D eigenvalue weighted by atomic mass is 32.1. The molecule has 0 unspecified atom stereocenters. The fourth-order valence-corrected chi connectivity index (χ4v) is 3.78. The molecule has 0 bridgehead atoms. The van der Waals surface area contributed by atoms with E-state index >= 15 is 0 Å². The first-order valence-electron chi connectivity index (χ1n) is 6.86. The van der Waals surface area contributed by atoms with Crippen molar-refractivity contribution in [1.29, 1.82) is 5.26 Å². The van der Waals surface area contributed by atoms with Gasteiger partial charge in [0.05, 0.1) is 24.0 Å². The second-order valence-electron chi connectivity index (χ2n) is 5.11. The lowest BCUT2D eigenvalue weighted by Gasteiger charge is -2.25. The Morgan fingerprint density at radius 2 is 2.09 bits per heavy atom. The minimum Gasteiger partial charge on any atom is -0.472 e. The summed E-state index contributed by atoms with van der Waals surface area (Å²) in [5, 5.41) is 10.3. The van der Waals surface area contributed by atoms with Crippen LogP contribution in [-0.2, 0) is 0 Å². The highest BCUT2D eigenvalue weighted by molar-refractivity contribution is 7.16. The van der Waals surface area contributed by atoms with Gasteiger partial charge in [0.25, 0.3) is 0 Å². The number of hydrogen-bond donors (Lipinski definition) is 1. The van der Waals surface area contributed by atoms with Gasteiger partial charge in [-0.25, -0.2) is 0 Å². The minimum absolute atomic E-state index is 0.0203. The minimum atomic E-state index is -0.573. The van der Waals surface area contributed by atoms with Crippen molar-refractivity contribution in [1.82, 2.24) is 0 Å². The summed E-state index contributed by atoms with van der Waals surface area (Å²) in [5.74, 6) is -0.130. The zero-order valence-electron chi connectivity index (χ0n) is 11.8. The van der Waals surface area contributed by atoms with Crippen molar-refractivity contribution in [2.75, 3.05) is 0 Å². The van der Waals surface area contributed by atoms with Crippen LogP contribution in [-0.4, -0.2) is 0 Å². The fraction of sp³-hybridized carbons (Fsp3) is 0.0588. The Labute approximate surface area is 134 Å². The number of nitrogens with zero attached hydrogens (tertiary/aromatic N) is 1. The number of nitriles is 1. The number of allylic oxidation sites excluding steroid dienone is 1. The third kappa shape index (κ3) is 1.94. The van der Waals surface area contributed by atoms with Crippen LogP contribution >= 0.6 is 11.3 Å². The van der Waals surface area contributed by atoms with Gasteiger partial charge < -0.3 is 14.9 Å². The number of benzene rings is 1. The van der Waals surface area contributed by atoms with Gasteiger partial charge in [0.1, 0.15) is 17.4 Å². The summed E-state index contributed by atoms with van der Waals surface area (Å²) in [5.41, 5.74) is 7.30. The monoisotopic (exact) mass is 322 g/mol. The summed E-state index contributed by atoms with van der Waals surface area (Å²) in [6, 6.07) is 11.3. The Morgan fingerprint density at radius 3 is 2.83 bits per heavy atom. The van der Waals surface area contributed by atoms with Crippen molar-refractivity contribution in [3.05, 3.63) is 75.0 Å². The van der Waals surface area contributed by atoms with E-state index in [4.69, 9.17) is 14.9 Å². The molecule has 23 heavy (non-hydrogen) atoms. The van der Waals surface area contributed by atoms with Gasteiger partial charge in [0.2, 0.25) is 10.6 Å². The molecule has 1 aliphatic rings. The van der Waals surface area contributed by atoms with E-state index in [2.05, 4.69) is 6.07 Å². The van der Waals surface area contributed by atoms with E-state index in [1.54, 1.807) is 6.07 Å². The zero-order valence-corrected chi connectivity index (χ0v) is 12.6. The molecule has 3 heterocycles. The summed E-state index contributed by atoms with van der Waals surface area (Å²) in [4.78, 5) is 12.7. The second kappa shape index (κ2) is 5.00. The van der Waals surface area contributed by atoms with Crippen molar-refractivity contribution in [2.24, 2.45) is 5.73 Å². The standard InChI is InChI=1S/C17H10N2O3S/c18-7-11-13(9-5-6-21-8-9)14-15(22-16(11)19)10-3-1-2-4-12(10)23-17(14)20/h1-6,8,13H,19H2/t13-/m0/s1. The maximum absolute atomic E-state index is 12.7. The summed E-state index contributed by atoms with van der Waals surface area (Å²) < 4.78 is 11.5. The van der Waals surface area contributed by atoms with Gasteiger partial charge in [-0.1, -0.05) is 23.5 Å². The predicted octanol–water partition coefficient (Wildman–Crippen LogP) is 3.07. The van der Waals surface area contributed by atoms with Crippen LogP contribution in [0.5, 0.6) is 5.75 Å². The van der Waals surface area contributed by atoms with Gasteiger partial charge in [-0.2, -0.15) is 5.26 Å². The average Bonchev–Trinajstić information content (AvgIpc) is 3.08. The molecule has 1 aliphatic heterocycles. The SMILES string of the molecule is N#CC1=C(N)Oc2c(c(=O)sc3ccccc23)[C@H]1c1ccoc1. The van der Waals surface area contributed by atoms with Crippen molar-refractivity contribution in [3.8, 4) is 11.8 Å². The number of ether oxygens (including phenoxy) is 1. The maximum Gasteiger partial charge on any atom is 0.240 e. The number of fused-ring (bicyclic) bond motifs is 3. The van der Waals surface area contributed by atoms with Crippen LogP contribution in [0.1, 0.15) is 17.0 Å². The molecule has 2 aromatic heterocycles. The first-order chi connectivity index (χ1) is 11.2. The fourth-order valence-electron chi connectivity index (χ4n) is 2.84. The van der Waals surface area contributed by atoms with Gasteiger partial charge in [0, 0.05) is 15.6 Å². The highest BCUT2D eigenvalue weighted by Gasteiger charge is 2.34. The van der Waals surface area contributed by atoms with Crippen LogP contribution in [0.4, 0.5) is 0 Å². The topological polar surface area (TPSA) is 89.3 Å². The second-order valence-corrected chi connectivity index (χ2v) is 6.12. The molecule has 0 fully saturated rings. The van der Waals surface area contributed by atoms with Crippen molar-refractivity contribution in [2.45, 2.75) is 5.92 Å². The molecule has 2 N–H and O–H groups in total. The zero-order chi connectivity index (χ0) is 16.0. The number of hydrogen-bond acceptors (Lipinski definition) is 6. The molecule has 1 atom stereocenters. The molecule has 0 saturated heterocycles. The predicted molar refractivity (Wildman–Crippen MR) is 86.1 cm³/mol. The molecule has 0 saturated carbocycles.